The summed E-state index contributed by atoms with van der Waals surface area (Å²) in [5, 5.41) is 19.1. The van der Waals surface area contributed by atoms with Gasteiger partial charge in [0.2, 0.25) is 17.7 Å². The first-order chi connectivity index (χ1) is 28.6. The average molecular weight is 791 g/mol. The molecule has 2 aliphatic heterocycles. The van der Waals surface area contributed by atoms with Crippen molar-refractivity contribution in [1.29, 1.82) is 5.26 Å². The van der Waals surface area contributed by atoms with Gasteiger partial charge in [-0.15, -0.1) is 0 Å². The van der Waals surface area contributed by atoms with Gasteiger partial charge in [-0.25, -0.2) is 0 Å². The number of carbonyl (C=O) groups excluding carboxylic acids is 7. The zero-order chi connectivity index (χ0) is 41.5. The number of rotatable bonds is 13. The van der Waals surface area contributed by atoms with Crippen molar-refractivity contribution in [3.05, 3.63) is 149 Å². The van der Waals surface area contributed by atoms with Gasteiger partial charge in [0, 0.05) is 29.8 Å². The van der Waals surface area contributed by atoms with E-state index in [2.05, 4.69) is 21.3 Å². The fourth-order valence-corrected chi connectivity index (χ4v) is 6.36. The van der Waals surface area contributed by atoms with Gasteiger partial charge in [0.25, 0.3) is 23.6 Å². The van der Waals surface area contributed by atoms with Crippen molar-refractivity contribution in [2.24, 2.45) is 0 Å². The number of para-hydroxylation sites is 2. The Hall–Kier alpha value is -8.12. The van der Waals surface area contributed by atoms with Crippen molar-refractivity contribution in [3.8, 4) is 23.3 Å². The van der Waals surface area contributed by atoms with Crippen LogP contribution in [0.4, 0.5) is 11.4 Å². The molecule has 15 nitrogen and oxygen atoms in total. The Morgan fingerprint density at radius 1 is 0.746 bits per heavy atom. The van der Waals surface area contributed by atoms with E-state index in [0.717, 1.165) is 16.0 Å². The molecule has 2 heterocycles. The third-order valence-electron chi connectivity index (χ3n) is 9.45. The van der Waals surface area contributed by atoms with Crippen LogP contribution in [-0.4, -0.2) is 52.3 Å². The molecule has 1 fully saturated rings. The van der Waals surface area contributed by atoms with Crippen LogP contribution in [0.5, 0.6) is 17.2 Å². The van der Waals surface area contributed by atoms with Crippen molar-refractivity contribution in [3.63, 3.8) is 0 Å². The molecule has 59 heavy (non-hydrogen) atoms. The Bertz CT molecular complexity index is 2530. The smallest absolute Gasteiger partial charge is 0.262 e. The van der Waals surface area contributed by atoms with E-state index in [0.29, 0.717) is 34.2 Å². The molecule has 0 bridgehead atoms. The molecule has 0 radical (unpaired) electrons. The van der Waals surface area contributed by atoms with Gasteiger partial charge in [0.05, 0.1) is 22.9 Å². The van der Waals surface area contributed by atoms with E-state index in [1.807, 2.05) is 0 Å². The van der Waals surface area contributed by atoms with Gasteiger partial charge < -0.3 is 25.4 Å². The van der Waals surface area contributed by atoms with Crippen LogP contribution in [0.2, 0.25) is 0 Å². The van der Waals surface area contributed by atoms with E-state index >= 15 is 0 Å². The highest BCUT2D eigenvalue weighted by Gasteiger charge is 2.44. The molecule has 294 valence electrons. The number of benzene rings is 5. The second kappa shape index (κ2) is 17.3. The quantitative estimate of drug-likeness (QED) is 0.110. The number of amides is 7. The molecule has 7 rings (SSSR count). The summed E-state index contributed by atoms with van der Waals surface area (Å²) in [6.07, 6.45) is -0.186. The van der Waals surface area contributed by atoms with Crippen LogP contribution in [0.3, 0.4) is 0 Å². The highest BCUT2D eigenvalue weighted by atomic mass is 16.5. The number of fused-ring (bicyclic) bond motifs is 1. The minimum atomic E-state index is -1.10. The third-order valence-corrected chi connectivity index (χ3v) is 9.45. The largest absolute Gasteiger partial charge is 0.489 e. The number of nitrogens with one attached hydrogen (secondary N) is 4. The molecule has 0 aromatic heterocycles. The highest BCUT2D eigenvalue weighted by Crippen LogP contribution is 2.32. The predicted molar refractivity (Wildman–Crippen MR) is 211 cm³/mol. The summed E-state index contributed by atoms with van der Waals surface area (Å²) in [5.41, 5.74) is 3.18. The van der Waals surface area contributed by atoms with Gasteiger partial charge in [-0.2, -0.15) is 5.26 Å². The minimum Gasteiger partial charge on any atom is -0.489 e. The molecule has 15 heteroatoms. The van der Waals surface area contributed by atoms with Gasteiger partial charge >= 0.3 is 0 Å². The maximum absolute atomic E-state index is 13.2. The summed E-state index contributed by atoms with van der Waals surface area (Å²) in [4.78, 5) is 88.5. The molecule has 1 saturated heterocycles. The van der Waals surface area contributed by atoms with E-state index in [9.17, 15) is 33.6 Å². The Balaban J connectivity index is 0.894. The second-order valence-corrected chi connectivity index (χ2v) is 13.5. The summed E-state index contributed by atoms with van der Waals surface area (Å²) in [5.74, 6) is -2.25. The maximum atomic E-state index is 13.2. The number of imide groups is 2. The molecule has 7 amide bonds. The van der Waals surface area contributed by atoms with E-state index in [1.54, 1.807) is 103 Å². The molecule has 2 aliphatic rings. The van der Waals surface area contributed by atoms with Crippen molar-refractivity contribution in [2.75, 3.05) is 10.6 Å². The zero-order valence-corrected chi connectivity index (χ0v) is 31.2. The summed E-state index contributed by atoms with van der Waals surface area (Å²) in [7, 11) is 0. The van der Waals surface area contributed by atoms with Crippen molar-refractivity contribution in [2.45, 2.75) is 38.5 Å². The van der Waals surface area contributed by atoms with Crippen LogP contribution in [0.15, 0.2) is 115 Å². The number of nitriles is 1. The lowest BCUT2D eigenvalue weighted by atomic mass is 10.0. The highest BCUT2D eigenvalue weighted by molar-refractivity contribution is 6.24. The standard InChI is InChI=1S/C44H34N6O9/c45-22-21-38(51)46-24-26-5-9-28(10-6-26)40(53)48-35-3-1-2-4-37(35)59-32-16-14-31(15-17-32)58-25-27-7-12-30(13-8-27)47-41(54)29-11-18-33-34(23-29)44(57)50(43(33)56)36-19-20-39(52)49-42(36)55/h1-18,23,36H,19-21,24-25H2,(H,46,51)(H,47,54)(H,48,53)(H,49,52,55). The van der Waals surface area contributed by atoms with Crippen LogP contribution >= 0.6 is 0 Å². The molecule has 0 spiro atoms. The Morgan fingerprint density at radius 3 is 2.14 bits per heavy atom. The van der Waals surface area contributed by atoms with Crippen LogP contribution in [0.25, 0.3) is 0 Å². The van der Waals surface area contributed by atoms with E-state index < -0.39 is 35.6 Å². The van der Waals surface area contributed by atoms with Crippen LogP contribution in [0, 0.1) is 11.3 Å². The SMILES string of the molecule is N#CCC(=O)NCc1ccc(C(=O)Nc2ccccc2Oc2ccc(OCc3ccc(NC(=O)c4ccc5c(c4)C(=O)N(C4CCC(=O)NC4=O)C5=O)cc3)cc2)cc1. The van der Waals surface area contributed by atoms with Gasteiger partial charge in [0.1, 0.15) is 30.6 Å². The average Bonchev–Trinajstić information content (AvgIpc) is 3.49. The normalized spacial score (nSPS) is 14.4. The van der Waals surface area contributed by atoms with Crippen LogP contribution in [0.1, 0.15) is 71.8 Å². The number of piperidine rings is 1. The maximum Gasteiger partial charge on any atom is 0.262 e. The Kier molecular flexibility index (Phi) is 11.5. The topological polar surface area (TPSA) is 213 Å². The van der Waals surface area contributed by atoms with Crippen molar-refractivity contribution < 1.29 is 43.0 Å². The fourth-order valence-electron chi connectivity index (χ4n) is 6.36. The molecular formula is C44H34N6O9. The summed E-state index contributed by atoms with van der Waals surface area (Å²) < 4.78 is 12.0. The van der Waals surface area contributed by atoms with Gasteiger partial charge in [-0.05, 0) is 96.4 Å². The van der Waals surface area contributed by atoms with E-state index in [-0.39, 0.29) is 60.9 Å². The van der Waals surface area contributed by atoms with Crippen molar-refractivity contribution in [1.82, 2.24) is 15.5 Å². The van der Waals surface area contributed by atoms with E-state index in [4.69, 9.17) is 14.7 Å². The molecular weight excluding hydrogens is 757 g/mol. The molecule has 5 aromatic carbocycles. The third kappa shape index (κ3) is 9.14. The molecule has 1 unspecified atom stereocenters. The molecule has 0 saturated carbocycles. The Labute approximate surface area is 336 Å². The first-order valence-corrected chi connectivity index (χ1v) is 18.4. The lowest BCUT2D eigenvalue weighted by molar-refractivity contribution is -0.136. The minimum absolute atomic E-state index is 0.00448. The first-order valence-electron chi connectivity index (χ1n) is 18.4. The first kappa shape index (κ1) is 39.1. The van der Waals surface area contributed by atoms with Gasteiger partial charge in [-0.3, -0.25) is 43.8 Å². The van der Waals surface area contributed by atoms with Crippen molar-refractivity contribution >= 4 is 52.7 Å². The van der Waals surface area contributed by atoms with Crippen LogP contribution in [-0.2, 0) is 27.5 Å². The molecule has 5 aromatic rings. The summed E-state index contributed by atoms with van der Waals surface area (Å²) >= 11 is 0. The number of ether oxygens (including phenoxy) is 2. The Morgan fingerprint density at radius 2 is 1.41 bits per heavy atom. The number of hydrogen-bond donors (Lipinski definition) is 4. The summed E-state index contributed by atoms with van der Waals surface area (Å²) in [6, 6.07) is 32.5. The molecule has 1 atom stereocenters. The van der Waals surface area contributed by atoms with Gasteiger partial charge in [-0.1, -0.05) is 36.4 Å². The van der Waals surface area contributed by atoms with Gasteiger partial charge in [0.15, 0.2) is 5.75 Å². The number of anilines is 2. The monoisotopic (exact) mass is 790 g/mol. The zero-order valence-electron chi connectivity index (χ0n) is 31.2. The second-order valence-electron chi connectivity index (χ2n) is 13.5. The summed E-state index contributed by atoms with van der Waals surface area (Å²) in [6.45, 7) is 0.470. The predicted octanol–water partition coefficient (Wildman–Crippen LogP) is 5.49. The lowest BCUT2D eigenvalue weighted by Crippen LogP contribution is -2.54. The fraction of sp³-hybridized carbons (Fsp3) is 0.136. The number of hydrogen-bond acceptors (Lipinski definition) is 10. The number of carbonyl (C=O) groups is 7. The lowest BCUT2D eigenvalue weighted by Gasteiger charge is -2.27. The molecule has 0 aliphatic carbocycles. The van der Waals surface area contributed by atoms with Crippen LogP contribution < -0.4 is 30.7 Å². The molecule has 4 N–H and O–H groups in total. The number of nitrogens with zero attached hydrogens (tertiary/aromatic N) is 2. The van der Waals surface area contributed by atoms with E-state index in [1.165, 1.54) is 18.2 Å².